The van der Waals surface area contributed by atoms with Gasteiger partial charge in [-0.3, -0.25) is 4.79 Å². The number of amides is 1. The van der Waals surface area contributed by atoms with Crippen molar-refractivity contribution in [1.82, 2.24) is 5.32 Å². The fourth-order valence-corrected chi connectivity index (χ4v) is 2.50. The van der Waals surface area contributed by atoms with Crippen LogP contribution in [0.4, 0.5) is 0 Å². The third-order valence-electron chi connectivity index (χ3n) is 3.66. The van der Waals surface area contributed by atoms with Crippen molar-refractivity contribution in [3.63, 3.8) is 0 Å². The second kappa shape index (κ2) is 8.98. The predicted octanol–water partition coefficient (Wildman–Crippen LogP) is 3.67. The first-order chi connectivity index (χ1) is 9.56. The smallest absolute Gasteiger partial charge is 0.220 e. The van der Waals surface area contributed by atoms with E-state index >= 15 is 0 Å². The van der Waals surface area contributed by atoms with Crippen LogP contribution in [-0.4, -0.2) is 12.5 Å². The molecule has 1 unspecified atom stereocenters. The molecule has 0 aliphatic carbocycles. The fraction of sp³-hybridized carbons (Fsp3) is 0.562. The lowest BCUT2D eigenvalue weighted by Gasteiger charge is -2.17. The molecule has 2 atom stereocenters. The minimum Gasteiger partial charge on any atom is -0.350 e. The summed E-state index contributed by atoms with van der Waals surface area (Å²) in [5, 5.41) is 3.71. The van der Waals surface area contributed by atoms with Gasteiger partial charge in [-0.15, -0.1) is 0 Å². The van der Waals surface area contributed by atoms with E-state index in [1.54, 1.807) is 0 Å². The molecule has 1 aromatic rings. The Labute approximate surface area is 126 Å². The lowest BCUT2D eigenvalue weighted by atomic mass is 9.96. The molecule has 3 N–H and O–H groups in total. The average molecular weight is 297 g/mol. The molecule has 0 saturated heterocycles. The van der Waals surface area contributed by atoms with E-state index in [1.165, 1.54) is 0 Å². The van der Waals surface area contributed by atoms with Gasteiger partial charge in [0.25, 0.3) is 0 Å². The normalized spacial score (nSPS) is 13.8. The topological polar surface area (TPSA) is 55.1 Å². The molecule has 0 aromatic heterocycles. The van der Waals surface area contributed by atoms with E-state index in [0.717, 1.165) is 24.8 Å². The van der Waals surface area contributed by atoms with Crippen molar-refractivity contribution in [3.8, 4) is 0 Å². The molecule has 20 heavy (non-hydrogen) atoms. The zero-order chi connectivity index (χ0) is 15.0. The van der Waals surface area contributed by atoms with E-state index in [9.17, 15) is 4.79 Å². The van der Waals surface area contributed by atoms with Crippen molar-refractivity contribution < 1.29 is 4.79 Å². The minimum absolute atomic E-state index is 0.0178. The number of hydrogen-bond donors (Lipinski definition) is 2. The zero-order valence-corrected chi connectivity index (χ0v) is 13.1. The Balaban J connectivity index is 2.42. The van der Waals surface area contributed by atoms with E-state index in [1.807, 2.05) is 31.2 Å². The third kappa shape index (κ3) is 5.93. The molecule has 0 spiro atoms. The van der Waals surface area contributed by atoms with E-state index in [-0.39, 0.29) is 11.9 Å². The molecular weight excluding hydrogens is 272 g/mol. The summed E-state index contributed by atoms with van der Waals surface area (Å²) in [5.41, 5.74) is 6.60. The summed E-state index contributed by atoms with van der Waals surface area (Å²) < 4.78 is 0. The van der Waals surface area contributed by atoms with Crippen molar-refractivity contribution in [2.75, 3.05) is 6.54 Å². The second-order valence-corrected chi connectivity index (χ2v) is 5.67. The van der Waals surface area contributed by atoms with Gasteiger partial charge >= 0.3 is 0 Å². The fourth-order valence-electron chi connectivity index (χ4n) is 2.30. The first kappa shape index (κ1) is 17.0. The van der Waals surface area contributed by atoms with Gasteiger partial charge in [-0.05, 0) is 49.9 Å². The number of carbonyl (C=O) groups excluding carboxylic acids is 1. The maximum Gasteiger partial charge on any atom is 0.220 e. The van der Waals surface area contributed by atoms with Crippen LogP contribution in [0.2, 0.25) is 5.02 Å². The van der Waals surface area contributed by atoms with Gasteiger partial charge in [-0.2, -0.15) is 0 Å². The van der Waals surface area contributed by atoms with Crippen molar-refractivity contribution in [1.29, 1.82) is 0 Å². The third-order valence-corrected chi connectivity index (χ3v) is 3.89. The van der Waals surface area contributed by atoms with Crippen LogP contribution in [0.1, 0.15) is 51.1 Å². The van der Waals surface area contributed by atoms with Crippen LogP contribution in [0.15, 0.2) is 24.3 Å². The molecule has 112 valence electrons. The molecular formula is C16H25ClN2O. The van der Waals surface area contributed by atoms with Crippen molar-refractivity contribution in [2.45, 2.75) is 45.6 Å². The lowest BCUT2D eigenvalue weighted by molar-refractivity contribution is -0.122. The highest BCUT2D eigenvalue weighted by Gasteiger charge is 2.12. The molecule has 1 amide bonds. The van der Waals surface area contributed by atoms with Crippen LogP contribution < -0.4 is 11.1 Å². The van der Waals surface area contributed by atoms with Crippen molar-refractivity contribution in [2.24, 2.45) is 11.7 Å². The van der Waals surface area contributed by atoms with E-state index in [4.69, 9.17) is 17.3 Å². The summed E-state index contributed by atoms with van der Waals surface area (Å²) in [5.74, 6) is 0.639. The van der Waals surface area contributed by atoms with Crippen LogP contribution in [0.25, 0.3) is 0 Å². The molecule has 0 heterocycles. The molecule has 0 radical (unpaired) electrons. The highest BCUT2D eigenvalue weighted by Crippen LogP contribution is 2.18. The Morgan fingerprint density at radius 2 is 2.15 bits per heavy atom. The Bertz CT molecular complexity index is 423. The van der Waals surface area contributed by atoms with Gasteiger partial charge in [0.2, 0.25) is 5.91 Å². The zero-order valence-electron chi connectivity index (χ0n) is 12.4. The quantitative estimate of drug-likeness (QED) is 0.769. The summed E-state index contributed by atoms with van der Waals surface area (Å²) in [4.78, 5) is 12.0. The SMILES string of the molecule is CCC(CCN)CCC(=O)N[C@@H](C)c1cccc(Cl)c1. The summed E-state index contributed by atoms with van der Waals surface area (Å²) in [7, 11) is 0. The second-order valence-electron chi connectivity index (χ2n) is 5.23. The average Bonchev–Trinajstić information content (AvgIpc) is 2.43. The van der Waals surface area contributed by atoms with Gasteiger partial charge in [-0.1, -0.05) is 37.1 Å². The molecule has 1 rings (SSSR count). The van der Waals surface area contributed by atoms with Crippen LogP contribution in [0.3, 0.4) is 0 Å². The molecule has 0 bridgehead atoms. The van der Waals surface area contributed by atoms with Gasteiger partial charge < -0.3 is 11.1 Å². The van der Waals surface area contributed by atoms with Crippen LogP contribution in [-0.2, 0) is 4.79 Å². The van der Waals surface area contributed by atoms with E-state index < -0.39 is 0 Å². The monoisotopic (exact) mass is 296 g/mol. The van der Waals surface area contributed by atoms with Gasteiger partial charge in [0.15, 0.2) is 0 Å². The molecule has 0 aliphatic rings. The highest BCUT2D eigenvalue weighted by molar-refractivity contribution is 6.30. The number of carbonyl (C=O) groups is 1. The summed E-state index contributed by atoms with van der Waals surface area (Å²) in [6.07, 6.45) is 3.53. The Hall–Kier alpha value is -1.06. The largest absolute Gasteiger partial charge is 0.350 e. The van der Waals surface area contributed by atoms with E-state index in [2.05, 4.69) is 12.2 Å². The van der Waals surface area contributed by atoms with Gasteiger partial charge in [0, 0.05) is 11.4 Å². The first-order valence-electron chi connectivity index (χ1n) is 7.31. The number of halogens is 1. The molecule has 0 fully saturated rings. The molecule has 0 saturated carbocycles. The molecule has 1 aromatic carbocycles. The lowest BCUT2D eigenvalue weighted by Crippen LogP contribution is -2.27. The van der Waals surface area contributed by atoms with Crippen molar-refractivity contribution in [3.05, 3.63) is 34.9 Å². The Kier molecular flexibility index (Phi) is 7.63. The van der Waals surface area contributed by atoms with Gasteiger partial charge in [-0.25, -0.2) is 0 Å². The number of rotatable bonds is 8. The number of nitrogens with two attached hydrogens (primary N) is 1. The molecule has 4 heteroatoms. The van der Waals surface area contributed by atoms with E-state index in [0.29, 0.717) is 23.9 Å². The molecule has 0 aliphatic heterocycles. The number of nitrogens with one attached hydrogen (secondary N) is 1. The first-order valence-corrected chi connectivity index (χ1v) is 7.69. The maximum absolute atomic E-state index is 12.0. The summed E-state index contributed by atoms with van der Waals surface area (Å²) in [6, 6.07) is 7.57. The minimum atomic E-state index is -0.0178. The number of hydrogen-bond acceptors (Lipinski definition) is 2. The predicted molar refractivity (Wildman–Crippen MR) is 84.7 cm³/mol. The highest BCUT2D eigenvalue weighted by atomic mass is 35.5. The van der Waals surface area contributed by atoms with Gasteiger partial charge in [0.05, 0.1) is 6.04 Å². The van der Waals surface area contributed by atoms with Crippen LogP contribution in [0.5, 0.6) is 0 Å². The Morgan fingerprint density at radius 1 is 1.40 bits per heavy atom. The van der Waals surface area contributed by atoms with Gasteiger partial charge in [0.1, 0.15) is 0 Å². The van der Waals surface area contributed by atoms with Crippen LogP contribution >= 0.6 is 11.6 Å². The van der Waals surface area contributed by atoms with Crippen molar-refractivity contribution >= 4 is 17.5 Å². The Morgan fingerprint density at radius 3 is 2.75 bits per heavy atom. The summed E-state index contributed by atoms with van der Waals surface area (Å²) >= 11 is 5.96. The summed E-state index contributed by atoms with van der Waals surface area (Å²) in [6.45, 7) is 4.81. The van der Waals surface area contributed by atoms with Crippen LogP contribution in [0, 0.1) is 5.92 Å². The number of benzene rings is 1. The maximum atomic E-state index is 12.0. The standard InChI is InChI=1S/C16H25ClN2O/c1-3-13(9-10-18)7-8-16(20)19-12(2)14-5-4-6-15(17)11-14/h4-6,11-13H,3,7-10,18H2,1-2H3,(H,19,20)/t12-,13?/m0/s1. The molecule has 3 nitrogen and oxygen atoms in total.